The second-order valence-electron chi connectivity index (χ2n) is 7.38. The van der Waals surface area contributed by atoms with Crippen LogP contribution in [0.1, 0.15) is 42.5 Å². The minimum Gasteiger partial charge on any atom is -0.490 e. The summed E-state index contributed by atoms with van der Waals surface area (Å²) in [5.74, 6) is -0.128. The van der Waals surface area contributed by atoms with Gasteiger partial charge in [0.25, 0.3) is 5.91 Å². The zero-order valence-corrected chi connectivity index (χ0v) is 15.8. The SMILES string of the molecule is COc1ccc(C(=O)NCC2([NH+]3CCOCC3)CCCCC2)cc1[N+](=O)[O-]. The quantitative estimate of drug-likeness (QED) is 0.568. The van der Waals surface area contributed by atoms with Gasteiger partial charge in [0.2, 0.25) is 0 Å². The van der Waals surface area contributed by atoms with Gasteiger partial charge in [-0.15, -0.1) is 0 Å². The molecule has 2 aliphatic rings. The van der Waals surface area contributed by atoms with Gasteiger partial charge in [-0.1, -0.05) is 6.42 Å². The number of nitrogens with one attached hydrogen (secondary N) is 2. The number of benzene rings is 1. The van der Waals surface area contributed by atoms with Crippen molar-refractivity contribution in [3.8, 4) is 5.75 Å². The summed E-state index contributed by atoms with van der Waals surface area (Å²) in [4.78, 5) is 24.9. The van der Waals surface area contributed by atoms with Gasteiger partial charge < -0.3 is 19.7 Å². The predicted molar refractivity (Wildman–Crippen MR) is 99.3 cm³/mol. The number of carbonyl (C=O) groups is 1. The number of methoxy groups -OCH3 is 1. The number of nitro groups is 1. The number of nitrogens with zero attached hydrogens (tertiary/aromatic N) is 1. The van der Waals surface area contributed by atoms with Crippen molar-refractivity contribution in [3.63, 3.8) is 0 Å². The van der Waals surface area contributed by atoms with Gasteiger partial charge in [-0.3, -0.25) is 14.9 Å². The molecule has 0 aromatic heterocycles. The minimum absolute atomic E-state index is 0.0378. The zero-order chi connectivity index (χ0) is 19.3. The number of ether oxygens (including phenoxy) is 2. The Hall–Kier alpha value is -2.19. The molecule has 0 bridgehead atoms. The van der Waals surface area contributed by atoms with Crippen molar-refractivity contribution < 1.29 is 24.1 Å². The zero-order valence-electron chi connectivity index (χ0n) is 15.8. The van der Waals surface area contributed by atoms with Crippen LogP contribution in [0.3, 0.4) is 0 Å². The van der Waals surface area contributed by atoms with E-state index in [9.17, 15) is 14.9 Å². The monoisotopic (exact) mass is 378 g/mol. The molecule has 1 aromatic rings. The summed E-state index contributed by atoms with van der Waals surface area (Å²) < 4.78 is 10.5. The minimum atomic E-state index is -0.532. The Kier molecular flexibility index (Phi) is 6.28. The lowest BCUT2D eigenvalue weighted by Gasteiger charge is -2.45. The lowest BCUT2D eigenvalue weighted by molar-refractivity contribution is -0.960. The molecular formula is C19H28N3O5+. The third kappa shape index (κ3) is 4.39. The molecule has 0 spiro atoms. The maximum atomic E-state index is 12.7. The Morgan fingerprint density at radius 1 is 1.30 bits per heavy atom. The predicted octanol–water partition coefficient (Wildman–Crippen LogP) is 0.951. The molecule has 2 fully saturated rings. The first-order valence-electron chi connectivity index (χ1n) is 9.59. The summed E-state index contributed by atoms with van der Waals surface area (Å²) >= 11 is 0. The van der Waals surface area contributed by atoms with Crippen molar-refractivity contribution in [1.82, 2.24) is 5.32 Å². The maximum Gasteiger partial charge on any atom is 0.311 e. The standard InChI is InChI=1S/C19H27N3O5/c1-26-17-6-5-15(13-16(17)22(24)25)18(23)20-14-19(7-3-2-4-8-19)21-9-11-27-12-10-21/h5-6,13H,2-4,7-12,14H2,1H3,(H,20,23)/p+1. The van der Waals surface area contributed by atoms with Crippen LogP contribution >= 0.6 is 0 Å². The van der Waals surface area contributed by atoms with Gasteiger partial charge in [0, 0.05) is 24.5 Å². The highest BCUT2D eigenvalue weighted by atomic mass is 16.6. The summed E-state index contributed by atoms with van der Waals surface area (Å²) in [7, 11) is 1.38. The first-order chi connectivity index (χ1) is 13.1. The van der Waals surface area contributed by atoms with E-state index in [2.05, 4.69) is 5.32 Å². The van der Waals surface area contributed by atoms with Gasteiger partial charge in [-0.25, -0.2) is 0 Å². The van der Waals surface area contributed by atoms with Gasteiger partial charge in [0.15, 0.2) is 5.75 Å². The Labute approximate surface area is 159 Å². The molecule has 1 amide bonds. The van der Waals surface area contributed by atoms with Crippen molar-refractivity contribution in [2.75, 3.05) is 40.0 Å². The third-order valence-electron chi connectivity index (χ3n) is 5.88. The topological polar surface area (TPSA) is 95.1 Å². The fourth-order valence-corrected chi connectivity index (χ4v) is 4.36. The number of carbonyl (C=O) groups excluding carboxylic acids is 1. The molecule has 0 atom stereocenters. The summed E-state index contributed by atoms with van der Waals surface area (Å²) in [6.07, 6.45) is 5.77. The number of rotatable bonds is 6. The third-order valence-corrected chi connectivity index (χ3v) is 5.88. The summed E-state index contributed by atoms with van der Waals surface area (Å²) in [6, 6.07) is 4.32. The Balaban J connectivity index is 1.72. The highest BCUT2D eigenvalue weighted by Gasteiger charge is 2.42. The van der Waals surface area contributed by atoms with Gasteiger partial charge in [-0.2, -0.15) is 0 Å². The largest absolute Gasteiger partial charge is 0.490 e. The van der Waals surface area contributed by atoms with Crippen LogP contribution in [0.4, 0.5) is 5.69 Å². The molecule has 27 heavy (non-hydrogen) atoms. The fraction of sp³-hybridized carbons (Fsp3) is 0.632. The number of nitro benzene ring substituents is 1. The summed E-state index contributed by atoms with van der Waals surface area (Å²) in [6.45, 7) is 4.03. The van der Waals surface area contributed by atoms with Crippen LogP contribution in [-0.4, -0.2) is 56.3 Å². The molecule has 8 heteroatoms. The van der Waals surface area contributed by atoms with Crippen LogP contribution in [0.25, 0.3) is 0 Å². The molecule has 2 N–H and O–H groups in total. The van der Waals surface area contributed by atoms with E-state index in [0.29, 0.717) is 6.54 Å². The van der Waals surface area contributed by atoms with Gasteiger partial charge in [0.1, 0.15) is 18.6 Å². The molecule has 1 aliphatic heterocycles. The summed E-state index contributed by atoms with van der Waals surface area (Å²) in [5.41, 5.74) is 0.123. The molecule has 0 radical (unpaired) electrons. The van der Waals surface area contributed by atoms with E-state index < -0.39 is 4.92 Å². The Bertz CT molecular complexity index is 682. The molecule has 0 unspecified atom stereocenters. The van der Waals surface area contributed by atoms with E-state index in [1.807, 2.05) is 0 Å². The number of hydrogen-bond donors (Lipinski definition) is 2. The van der Waals surface area contributed by atoms with E-state index in [4.69, 9.17) is 9.47 Å². The summed E-state index contributed by atoms with van der Waals surface area (Å²) in [5, 5.41) is 14.2. The number of quaternary nitrogens is 1. The molecule has 1 aromatic carbocycles. The van der Waals surface area contributed by atoms with Crippen molar-refractivity contribution in [2.24, 2.45) is 0 Å². The highest BCUT2D eigenvalue weighted by molar-refractivity contribution is 5.95. The second-order valence-corrected chi connectivity index (χ2v) is 7.38. The van der Waals surface area contributed by atoms with Crippen molar-refractivity contribution >= 4 is 11.6 Å². The first-order valence-corrected chi connectivity index (χ1v) is 9.59. The molecule has 1 heterocycles. The van der Waals surface area contributed by atoms with Crippen molar-refractivity contribution in [2.45, 2.75) is 37.6 Å². The van der Waals surface area contributed by atoms with E-state index in [0.717, 1.165) is 39.1 Å². The maximum absolute atomic E-state index is 12.7. The van der Waals surface area contributed by atoms with E-state index in [-0.39, 0.29) is 28.4 Å². The van der Waals surface area contributed by atoms with Crippen LogP contribution in [-0.2, 0) is 4.74 Å². The lowest BCUT2D eigenvalue weighted by Crippen LogP contribution is -3.23. The van der Waals surface area contributed by atoms with Crippen LogP contribution < -0.4 is 15.0 Å². The lowest BCUT2D eigenvalue weighted by atomic mass is 9.79. The van der Waals surface area contributed by atoms with E-state index in [1.54, 1.807) is 6.07 Å². The van der Waals surface area contributed by atoms with Crippen LogP contribution in [0.5, 0.6) is 5.75 Å². The van der Waals surface area contributed by atoms with Crippen molar-refractivity contribution in [3.05, 3.63) is 33.9 Å². The molecule has 1 saturated heterocycles. The first kappa shape index (κ1) is 19.6. The fourth-order valence-electron chi connectivity index (χ4n) is 4.36. The van der Waals surface area contributed by atoms with Crippen LogP contribution in [0.15, 0.2) is 18.2 Å². The molecular weight excluding hydrogens is 350 g/mol. The number of morpholine rings is 1. The molecule has 148 valence electrons. The Morgan fingerprint density at radius 3 is 2.63 bits per heavy atom. The molecule has 8 nitrogen and oxygen atoms in total. The van der Waals surface area contributed by atoms with Gasteiger partial charge >= 0.3 is 5.69 Å². The average Bonchev–Trinajstić information content (AvgIpc) is 2.72. The van der Waals surface area contributed by atoms with Crippen molar-refractivity contribution in [1.29, 1.82) is 0 Å². The van der Waals surface area contributed by atoms with E-state index in [1.165, 1.54) is 43.4 Å². The average molecular weight is 378 g/mol. The highest BCUT2D eigenvalue weighted by Crippen LogP contribution is 2.28. The number of hydrogen-bond acceptors (Lipinski definition) is 5. The van der Waals surface area contributed by atoms with Crippen LogP contribution in [0, 0.1) is 10.1 Å². The number of amides is 1. The van der Waals surface area contributed by atoms with E-state index >= 15 is 0 Å². The Morgan fingerprint density at radius 2 is 2.00 bits per heavy atom. The molecule has 1 saturated carbocycles. The van der Waals surface area contributed by atoms with Gasteiger partial charge in [-0.05, 0) is 25.0 Å². The van der Waals surface area contributed by atoms with Gasteiger partial charge in [0.05, 0.1) is 31.8 Å². The smallest absolute Gasteiger partial charge is 0.311 e. The molecule has 3 rings (SSSR count). The molecule has 1 aliphatic carbocycles. The second kappa shape index (κ2) is 8.67. The normalized spacial score (nSPS) is 20.0. The van der Waals surface area contributed by atoms with Crippen LogP contribution in [0.2, 0.25) is 0 Å².